The van der Waals surface area contributed by atoms with Gasteiger partial charge >= 0.3 is 0 Å². The van der Waals surface area contributed by atoms with Crippen molar-refractivity contribution in [3.63, 3.8) is 0 Å². The molecule has 0 fully saturated rings. The van der Waals surface area contributed by atoms with Crippen LogP contribution in [0.1, 0.15) is 29.5 Å². The summed E-state index contributed by atoms with van der Waals surface area (Å²) in [5.74, 6) is 1.62. The third-order valence-electron chi connectivity index (χ3n) is 4.55. The highest BCUT2D eigenvalue weighted by atomic mass is 32.2. The highest BCUT2D eigenvalue weighted by molar-refractivity contribution is 8.00. The average Bonchev–Trinajstić information content (AvgIpc) is 2.70. The van der Waals surface area contributed by atoms with Gasteiger partial charge in [-0.05, 0) is 55.5 Å². The molecule has 0 radical (unpaired) electrons. The van der Waals surface area contributed by atoms with E-state index in [-0.39, 0.29) is 5.91 Å². The number of rotatable bonds is 6. The lowest BCUT2D eigenvalue weighted by Crippen LogP contribution is -2.23. The van der Waals surface area contributed by atoms with Gasteiger partial charge in [0, 0.05) is 10.5 Å². The maximum absolute atomic E-state index is 12.2. The second kappa shape index (κ2) is 8.95. The number of fused-ring (bicyclic) bond motifs is 1. The number of hydrogen-bond donors (Lipinski definition) is 1. The number of aryl methyl sites for hydroxylation is 2. The summed E-state index contributed by atoms with van der Waals surface area (Å²) in [6, 6.07) is 12.0. The maximum Gasteiger partial charge on any atom is 0.250 e. The highest BCUT2D eigenvalue weighted by Crippen LogP contribution is 2.34. The van der Waals surface area contributed by atoms with Gasteiger partial charge in [-0.1, -0.05) is 18.2 Å². The van der Waals surface area contributed by atoms with E-state index in [0.29, 0.717) is 11.5 Å². The molecule has 1 amide bonds. The van der Waals surface area contributed by atoms with Crippen LogP contribution in [0.2, 0.25) is 0 Å². The number of hydrogen-bond acceptors (Lipinski definition) is 5. The van der Waals surface area contributed by atoms with Gasteiger partial charge in [0.25, 0.3) is 0 Å². The Morgan fingerprint density at radius 3 is 2.63 bits per heavy atom. The van der Waals surface area contributed by atoms with Gasteiger partial charge in [0.1, 0.15) is 0 Å². The number of nitrogens with zero attached hydrogens (tertiary/aromatic N) is 1. The highest BCUT2D eigenvalue weighted by Gasteiger charge is 2.19. The van der Waals surface area contributed by atoms with E-state index < -0.39 is 0 Å². The average molecular weight is 385 g/mol. The predicted molar refractivity (Wildman–Crippen MR) is 109 cm³/mol. The van der Waals surface area contributed by atoms with Gasteiger partial charge in [-0.15, -0.1) is 11.8 Å². The van der Waals surface area contributed by atoms with E-state index in [0.717, 1.165) is 41.2 Å². The van der Waals surface area contributed by atoms with Crippen molar-refractivity contribution in [3.8, 4) is 11.5 Å². The number of methoxy groups -OCH3 is 2. The molecule has 0 aliphatic heterocycles. The van der Waals surface area contributed by atoms with E-state index >= 15 is 0 Å². The molecule has 0 atom stereocenters. The van der Waals surface area contributed by atoms with Crippen molar-refractivity contribution in [1.82, 2.24) is 5.43 Å². The number of thioether (sulfide) groups is 1. The van der Waals surface area contributed by atoms with Crippen LogP contribution in [0.25, 0.3) is 0 Å². The first-order valence-electron chi connectivity index (χ1n) is 8.91. The van der Waals surface area contributed by atoms with Gasteiger partial charge in [0.2, 0.25) is 5.91 Å². The van der Waals surface area contributed by atoms with Crippen LogP contribution in [0, 0.1) is 6.92 Å². The van der Waals surface area contributed by atoms with Gasteiger partial charge in [-0.2, -0.15) is 5.10 Å². The lowest BCUT2D eigenvalue weighted by molar-refractivity contribution is -0.118. The fourth-order valence-electron chi connectivity index (χ4n) is 3.12. The van der Waals surface area contributed by atoms with Gasteiger partial charge < -0.3 is 9.47 Å². The number of carbonyl (C=O) groups excluding carboxylic acids is 1. The Morgan fingerprint density at radius 1 is 1.15 bits per heavy atom. The minimum atomic E-state index is -0.108. The molecule has 2 aromatic rings. The summed E-state index contributed by atoms with van der Waals surface area (Å²) in [7, 11) is 3.25. The molecular weight excluding hydrogens is 360 g/mol. The Labute approximate surface area is 164 Å². The molecule has 0 bridgehead atoms. The number of carbonyl (C=O) groups is 1. The zero-order chi connectivity index (χ0) is 19.2. The number of benzene rings is 2. The minimum Gasteiger partial charge on any atom is -0.493 e. The molecular formula is C21H24N2O3S. The summed E-state index contributed by atoms with van der Waals surface area (Å²) < 4.78 is 10.8. The summed E-state index contributed by atoms with van der Waals surface area (Å²) in [6.07, 6.45) is 2.79. The smallest absolute Gasteiger partial charge is 0.250 e. The first kappa shape index (κ1) is 19.3. The molecule has 6 heteroatoms. The number of nitrogens with one attached hydrogen (secondary N) is 1. The fourth-order valence-corrected chi connectivity index (χ4v) is 3.94. The third-order valence-corrected chi connectivity index (χ3v) is 5.72. The van der Waals surface area contributed by atoms with Gasteiger partial charge in [-0.3, -0.25) is 4.79 Å². The molecule has 5 nitrogen and oxygen atoms in total. The zero-order valence-electron chi connectivity index (χ0n) is 15.9. The topological polar surface area (TPSA) is 59.9 Å². The van der Waals surface area contributed by atoms with Crippen LogP contribution in [-0.2, 0) is 11.2 Å². The Bertz CT molecular complexity index is 865. The molecule has 142 valence electrons. The molecule has 0 spiro atoms. The van der Waals surface area contributed by atoms with Crippen LogP contribution < -0.4 is 14.9 Å². The van der Waals surface area contributed by atoms with Crippen LogP contribution in [0.3, 0.4) is 0 Å². The molecule has 0 saturated heterocycles. The van der Waals surface area contributed by atoms with E-state index in [9.17, 15) is 4.79 Å². The summed E-state index contributed by atoms with van der Waals surface area (Å²) in [5, 5.41) is 4.40. The monoisotopic (exact) mass is 384 g/mol. The van der Waals surface area contributed by atoms with Crippen molar-refractivity contribution in [3.05, 3.63) is 53.1 Å². The van der Waals surface area contributed by atoms with E-state index in [4.69, 9.17) is 9.47 Å². The molecule has 1 aliphatic rings. The van der Waals surface area contributed by atoms with E-state index in [2.05, 4.69) is 10.5 Å². The Kier molecular flexibility index (Phi) is 6.40. The van der Waals surface area contributed by atoms with Crippen molar-refractivity contribution >= 4 is 23.4 Å². The molecule has 0 heterocycles. The summed E-state index contributed by atoms with van der Waals surface area (Å²) in [5.41, 5.74) is 6.94. The van der Waals surface area contributed by atoms with Crippen LogP contribution in [-0.4, -0.2) is 31.6 Å². The zero-order valence-corrected chi connectivity index (χ0v) is 16.7. The standard InChI is InChI=1S/C21H24N2O3S/c1-14-7-4-5-10-20(14)27-13-21(24)23-22-17-9-6-8-15-11-18(25-2)19(26-3)12-16(15)17/h4-5,7,10-12H,6,8-9,13H2,1-3H3,(H,23,24)/b22-17-. The van der Waals surface area contributed by atoms with E-state index in [1.54, 1.807) is 14.2 Å². The molecule has 1 aliphatic carbocycles. The molecule has 3 rings (SSSR count). The SMILES string of the molecule is COc1cc2c(cc1OC)/C(=N\NC(=O)CSc1ccccc1C)CCC2. The summed E-state index contributed by atoms with van der Waals surface area (Å²) >= 11 is 1.52. The van der Waals surface area contributed by atoms with Crippen LogP contribution in [0.4, 0.5) is 0 Å². The second-order valence-corrected chi connectivity index (χ2v) is 7.38. The Hall–Kier alpha value is -2.47. The van der Waals surface area contributed by atoms with Gasteiger partial charge in [-0.25, -0.2) is 5.43 Å². The second-order valence-electron chi connectivity index (χ2n) is 6.37. The van der Waals surface area contributed by atoms with Gasteiger partial charge in [0.15, 0.2) is 11.5 Å². The quantitative estimate of drug-likeness (QED) is 0.605. The summed E-state index contributed by atoms with van der Waals surface area (Å²) in [4.78, 5) is 13.3. The first-order valence-corrected chi connectivity index (χ1v) is 9.90. The van der Waals surface area contributed by atoms with Crippen molar-refractivity contribution in [1.29, 1.82) is 0 Å². The molecule has 27 heavy (non-hydrogen) atoms. The first-order chi connectivity index (χ1) is 13.1. The number of amides is 1. The van der Waals surface area contributed by atoms with Crippen molar-refractivity contribution < 1.29 is 14.3 Å². The lowest BCUT2D eigenvalue weighted by atomic mass is 9.89. The van der Waals surface area contributed by atoms with E-state index in [1.165, 1.54) is 22.9 Å². The van der Waals surface area contributed by atoms with Crippen molar-refractivity contribution in [2.45, 2.75) is 31.1 Å². The normalized spacial score (nSPS) is 14.6. The largest absolute Gasteiger partial charge is 0.493 e. The molecule has 0 saturated carbocycles. The minimum absolute atomic E-state index is 0.108. The number of ether oxygens (including phenoxy) is 2. The molecule has 0 aromatic heterocycles. The van der Waals surface area contributed by atoms with Crippen molar-refractivity contribution in [2.24, 2.45) is 5.10 Å². The van der Waals surface area contributed by atoms with Crippen molar-refractivity contribution in [2.75, 3.05) is 20.0 Å². The molecule has 2 aromatic carbocycles. The maximum atomic E-state index is 12.2. The van der Waals surface area contributed by atoms with Crippen LogP contribution >= 0.6 is 11.8 Å². The Balaban J connectivity index is 1.69. The van der Waals surface area contributed by atoms with Crippen LogP contribution in [0.15, 0.2) is 46.4 Å². The lowest BCUT2D eigenvalue weighted by Gasteiger charge is -2.20. The predicted octanol–water partition coefficient (Wildman–Crippen LogP) is 3.96. The third kappa shape index (κ3) is 4.63. The summed E-state index contributed by atoms with van der Waals surface area (Å²) in [6.45, 7) is 2.04. The Morgan fingerprint density at radius 2 is 1.89 bits per heavy atom. The van der Waals surface area contributed by atoms with E-state index in [1.807, 2.05) is 43.3 Å². The number of hydrazone groups is 1. The fraction of sp³-hybridized carbons (Fsp3) is 0.333. The van der Waals surface area contributed by atoms with Crippen LogP contribution in [0.5, 0.6) is 11.5 Å². The molecule has 1 N–H and O–H groups in total. The van der Waals surface area contributed by atoms with Gasteiger partial charge in [0.05, 0.1) is 25.7 Å². The molecule has 0 unspecified atom stereocenters.